The highest BCUT2D eigenvalue weighted by Gasteiger charge is 2.40. The summed E-state index contributed by atoms with van der Waals surface area (Å²) in [6.07, 6.45) is 3.11. The highest BCUT2D eigenvalue weighted by Crippen LogP contribution is 2.34. The second-order valence-corrected chi connectivity index (χ2v) is 9.48. The fourth-order valence-corrected chi connectivity index (χ4v) is 4.72. The van der Waals surface area contributed by atoms with Crippen molar-refractivity contribution in [3.8, 4) is 16.9 Å². The van der Waals surface area contributed by atoms with Gasteiger partial charge in [-0.1, -0.05) is 6.07 Å². The predicted octanol–water partition coefficient (Wildman–Crippen LogP) is 5.70. The van der Waals surface area contributed by atoms with Crippen molar-refractivity contribution in [2.75, 3.05) is 12.4 Å². The van der Waals surface area contributed by atoms with Crippen molar-refractivity contribution in [2.24, 2.45) is 0 Å². The third-order valence-corrected chi connectivity index (χ3v) is 6.20. The minimum Gasteiger partial charge on any atom is -0.494 e. The van der Waals surface area contributed by atoms with Gasteiger partial charge >= 0.3 is 6.09 Å². The van der Waals surface area contributed by atoms with Gasteiger partial charge in [0.25, 0.3) is 0 Å². The number of fused-ring (bicyclic) bond motifs is 1. The van der Waals surface area contributed by atoms with E-state index in [1.165, 1.54) is 24.1 Å². The zero-order valence-electron chi connectivity index (χ0n) is 19.6. The Balaban J connectivity index is 1.62. The molecule has 1 heterocycles. The van der Waals surface area contributed by atoms with Gasteiger partial charge in [-0.2, -0.15) is 0 Å². The fourth-order valence-electron chi connectivity index (χ4n) is 4.72. The molecule has 1 aromatic heterocycles. The van der Waals surface area contributed by atoms with Gasteiger partial charge in [0, 0.05) is 23.2 Å². The first kappa shape index (κ1) is 23.7. The SMILES string of the molecule is COc1ccc(F)c(-c2ccc3nc(N[C@@H]4CCC[C@@H]4N(C(=O)O)C(C)(C)C)ncc3c2)c1F. The summed E-state index contributed by atoms with van der Waals surface area (Å²) in [4.78, 5) is 22.4. The number of ether oxygens (including phenoxy) is 1. The molecule has 0 radical (unpaired) electrons. The van der Waals surface area contributed by atoms with Crippen molar-refractivity contribution in [1.29, 1.82) is 0 Å². The fraction of sp³-hybridized carbons (Fsp3) is 0.400. The van der Waals surface area contributed by atoms with Crippen LogP contribution in [-0.2, 0) is 0 Å². The number of carbonyl (C=O) groups is 1. The zero-order chi connectivity index (χ0) is 24.6. The number of hydrogen-bond acceptors (Lipinski definition) is 5. The minimum absolute atomic E-state index is 0.0379. The first-order chi connectivity index (χ1) is 16.1. The van der Waals surface area contributed by atoms with Crippen molar-refractivity contribution < 1.29 is 23.4 Å². The molecule has 0 spiro atoms. The Labute approximate surface area is 196 Å². The molecule has 9 heteroatoms. The molecule has 2 N–H and O–H groups in total. The lowest BCUT2D eigenvalue weighted by Gasteiger charge is -2.40. The molecule has 2 atom stereocenters. The Bertz CT molecular complexity index is 1230. The van der Waals surface area contributed by atoms with E-state index in [1.807, 2.05) is 20.8 Å². The molecule has 0 saturated heterocycles. The largest absolute Gasteiger partial charge is 0.494 e. The van der Waals surface area contributed by atoms with E-state index in [-0.39, 0.29) is 23.4 Å². The normalized spacial score (nSPS) is 18.2. The summed E-state index contributed by atoms with van der Waals surface area (Å²) in [5.41, 5.74) is 0.244. The van der Waals surface area contributed by atoms with E-state index in [2.05, 4.69) is 15.3 Å². The second-order valence-electron chi connectivity index (χ2n) is 9.48. The van der Waals surface area contributed by atoms with E-state index in [9.17, 15) is 18.7 Å². The lowest BCUT2D eigenvalue weighted by atomic mass is 10.0. The van der Waals surface area contributed by atoms with Crippen molar-refractivity contribution in [3.63, 3.8) is 0 Å². The van der Waals surface area contributed by atoms with E-state index in [1.54, 1.807) is 24.4 Å². The lowest BCUT2D eigenvalue weighted by molar-refractivity contribution is 0.0689. The van der Waals surface area contributed by atoms with Crippen LogP contribution in [0.2, 0.25) is 0 Å². The highest BCUT2D eigenvalue weighted by molar-refractivity contribution is 5.85. The van der Waals surface area contributed by atoms with Crippen LogP contribution in [0.4, 0.5) is 19.5 Å². The van der Waals surface area contributed by atoms with Crippen LogP contribution in [0.15, 0.2) is 36.5 Å². The molecule has 7 nitrogen and oxygen atoms in total. The van der Waals surface area contributed by atoms with Crippen LogP contribution in [0.25, 0.3) is 22.0 Å². The van der Waals surface area contributed by atoms with Gasteiger partial charge in [-0.25, -0.2) is 23.5 Å². The van der Waals surface area contributed by atoms with Crippen LogP contribution in [0.5, 0.6) is 5.75 Å². The third-order valence-electron chi connectivity index (χ3n) is 6.20. The van der Waals surface area contributed by atoms with Crippen LogP contribution in [0.3, 0.4) is 0 Å². The molecule has 2 aromatic carbocycles. The van der Waals surface area contributed by atoms with Gasteiger partial charge in [0.15, 0.2) is 11.6 Å². The van der Waals surface area contributed by atoms with Crippen LogP contribution >= 0.6 is 0 Å². The number of anilines is 1. The lowest BCUT2D eigenvalue weighted by Crippen LogP contribution is -2.55. The standard InChI is InChI=1S/C25H28F2N4O3/c1-25(2,3)31(24(32)33)19-7-5-6-18(19)30-23-28-13-15-12-14(8-10-17(15)29-23)21-16(26)9-11-20(34-4)22(21)27/h8-13,18-19H,5-7H2,1-4H3,(H,32,33)(H,28,29,30)/t18-,19+/m1/s1. The number of hydrogen-bond donors (Lipinski definition) is 2. The molecule has 0 unspecified atom stereocenters. The molecule has 1 aliphatic rings. The molecule has 34 heavy (non-hydrogen) atoms. The minimum atomic E-state index is -0.949. The summed E-state index contributed by atoms with van der Waals surface area (Å²) in [6.45, 7) is 5.65. The number of aromatic nitrogens is 2. The molecule has 4 rings (SSSR count). The molecule has 0 aliphatic heterocycles. The molecule has 1 saturated carbocycles. The first-order valence-corrected chi connectivity index (χ1v) is 11.2. The van der Waals surface area contributed by atoms with Gasteiger partial charge < -0.3 is 15.2 Å². The number of carboxylic acid groups (broad SMARTS) is 1. The average Bonchev–Trinajstić information content (AvgIpc) is 3.19. The van der Waals surface area contributed by atoms with Crippen LogP contribution < -0.4 is 10.1 Å². The number of nitrogens with one attached hydrogen (secondary N) is 1. The molecule has 1 amide bonds. The van der Waals surface area contributed by atoms with Gasteiger partial charge in [-0.15, -0.1) is 0 Å². The number of amides is 1. The molecular formula is C25H28F2N4O3. The maximum atomic E-state index is 14.7. The summed E-state index contributed by atoms with van der Waals surface area (Å²) < 4.78 is 34.1. The number of rotatable bonds is 5. The van der Waals surface area contributed by atoms with Crippen LogP contribution in [0, 0.1) is 11.6 Å². The number of methoxy groups -OCH3 is 1. The van der Waals surface area contributed by atoms with Crippen molar-refractivity contribution in [1.82, 2.24) is 14.9 Å². The first-order valence-electron chi connectivity index (χ1n) is 11.2. The van der Waals surface area contributed by atoms with E-state index in [0.717, 1.165) is 19.3 Å². The van der Waals surface area contributed by atoms with Crippen molar-refractivity contribution in [2.45, 2.75) is 57.7 Å². The summed E-state index contributed by atoms with van der Waals surface area (Å²) in [5, 5.41) is 13.7. The van der Waals surface area contributed by atoms with Gasteiger partial charge in [-0.3, -0.25) is 4.90 Å². The summed E-state index contributed by atoms with van der Waals surface area (Å²) in [6, 6.07) is 7.01. The molecule has 0 bridgehead atoms. The average molecular weight is 471 g/mol. The molecular weight excluding hydrogens is 442 g/mol. The van der Waals surface area contributed by atoms with Gasteiger partial charge in [0.2, 0.25) is 5.95 Å². The maximum absolute atomic E-state index is 14.7. The summed E-state index contributed by atoms with van der Waals surface area (Å²) in [7, 11) is 1.33. The predicted molar refractivity (Wildman–Crippen MR) is 126 cm³/mol. The van der Waals surface area contributed by atoms with E-state index in [4.69, 9.17) is 4.74 Å². The van der Waals surface area contributed by atoms with Crippen LogP contribution in [0.1, 0.15) is 40.0 Å². The monoisotopic (exact) mass is 470 g/mol. The topological polar surface area (TPSA) is 87.6 Å². The Hall–Kier alpha value is -3.49. The van der Waals surface area contributed by atoms with Gasteiger partial charge in [0.1, 0.15) is 5.82 Å². The highest BCUT2D eigenvalue weighted by atomic mass is 19.1. The Morgan fingerprint density at radius 3 is 2.65 bits per heavy atom. The molecule has 3 aromatic rings. The van der Waals surface area contributed by atoms with Crippen molar-refractivity contribution >= 4 is 22.9 Å². The Kier molecular flexibility index (Phi) is 6.29. The summed E-state index contributed by atoms with van der Waals surface area (Å²) in [5.74, 6) is -1.11. The maximum Gasteiger partial charge on any atom is 0.408 e. The van der Waals surface area contributed by atoms with E-state index >= 15 is 0 Å². The Morgan fingerprint density at radius 1 is 1.21 bits per heavy atom. The van der Waals surface area contributed by atoms with Gasteiger partial charge in [0.05, 0.1) is 24.2 Å². The molecule has 180 valence electrons. The second kappa shape index (κ2) is 9.04. The van der Waals surface area contributed by atoms with Gasteiger partial charge in [-0.05, 0) is 69.9 Å². The number of nitrogens with zero attached hydrogens (tertiary/aromatic N) is 3. The quantitative estimate of drug-likeness (QED) is 0.498. The zero-order valence-corrected chi connectivity index (χ0v) is 19.6. The Morgan fingerprint density at radius 2 is 1.97 bits per heavy atom. The van der Waals surface area contributed by atoms with Crippen molar-refractivity contribution in [3.05, 3.63) is 48.2 Å². The molecule has 1 fully saturated rings. The third kappa shape index (κ3) is 4.47. The smallest absolute Gasteiger partial charge is 0.408 e. The summed E-state index contributed by atoms with van der Waals surface area (Å²) >= 11 is 0. The van der Waals surface area contributed by atoms with E-state index < -0.39 is 23.3 Å². The number of benzene rings is 2. The number of halogens is 2. The molecule has 1 aliphatic carbocycles. The van der Waals surface area contributed by atoms with Crippen LogP contribution in [-0.4, -0.2) is 50.8 Å². The van der Waals surface area contributed by atoms with E-state index in [0.29, 0.717) is 22.4 Å².